The van der Waals surface area contributed by atoms with Crippen molar-refractivity contribution >= 4 is 17.3 Å². The van der Waals surface area contributed by atoms with Crippen LogP contribution in [0.4, 0.5) is 5.69 Å². The van der Waals surface area contributed by atoms with Crippen LogP contribution in [-0.2, 0) is 12.8 Å². The second-order valence-electron chi connectivity index (χ2n) is 7.97. The van der Waals surface area contributed by atoms with Gasteiger partial charge in [0.15, 0.2) is 0 Å². The van der Waals surface area contributed by atoms with Gasteiger partial charge in [0.25, 0.3) is 0 Å². The minimum absolute atomic E-state index is 0.0309. The first-order chi connectivity index (χ1) is 13.8. The number of hydrogen-bond acceptors (Lipinski definition) is 3. The summed E-state index contributed by atoms with van der Waals surface area (Å²) in [5.41, 5.74) is 4.86. The number of pyridine rings is 1. The fraction of sp³-hybridized carbons (Fsp3) is 0.458. The third-order valence-corrected chi connectivity index (χ3v) is 6.33. The Labute approximate surface area is 173 Å². The molecule has 0 saturated heterocycles. The maximum absolute atomic E-state index is 6.67. The van der Waals surface area contributed by atoms with Crippen molar-refractivity contribution in [1.29, 1.82) is 0 Å². The number of nitrogens with zero attached hydrogens (tertiary/aromatic N) is 1. The first-order valence-corrected chi connectivity index (χ1v) is 11.1. The molecular formula is C24H30ClN3. The van der Waals surface area contributed by atoms with Gasteiger partial charge in [0.1, 0.15) is 0 Å². The van der Waals surface area contributed by atoms with Gasteiger partial charge in [-0.25, -0.2) is 0 Å². The SMILES string of the molecule is Clc1ccc2c(c1NC(/C=C/C1CCCCC1)c1ccccn1)CCNCC2. The van der Waals surface area contributed by atoms with E-state index in [9.17, 15) is 0 Å². The number of fused-ring (bicyclic) bond motifs is 1. The molecule has 148 valence electrons. The molecule has 1 aliphatic heterocycles. The number of allylic oxidation sites excluding steroid dienone is 1. The highest BCUT2D eigenvalue weighted by Gasteiger charge is 2.19. The summed E-state index contributed by atoms with van der Waals surface area (Å²) < 4.78 is 0. The molecule has 0 radical (unpaired) electrons. The lowest BCUT2D eigenvalue weighted by Gasteiger charge is -2.23. The molecular weight excluding hydrogens is 366 g/mol. The Balaban J connectivity index is 1.63. The molecule has 1 fully saturated rings. The van der Waals surface area contributed by atoms with Crippen LogP contribution in [0.25, 0.3) is 0 Å². The lowest BCUT2D eigenvalue weighted by molar-refractivity contribution is 0.418. The van der Waals surface area contributed by atoms with E-state index >= 15 is 0 Å². The Bertz CT molecular complexity index is 797. The van der Waals surface area contributed by atoms with Gasteiger partial charge in [-0.1, -0.05) is 55.1 Å². The molecule has 1 saturated carbocycles. The zero-order valence-corrected chi connectivity index (χ0v) is 17.2. The summed E-state index contributed by atoms with van der Waals surface area (Å²) in [6.07, 6.45) is 15.3. The number of rotatable bonds is 5. The van der Waals surface area contributed by atoms with Crippen LogP contribution in [-0.4, -0.2) is 18.1 Å². The maximum atomic E-state index is 6.67. The highest BCUT2D eigenvalue weighted by molar-refractivity contribution is 6.33. The number of aromatic nitrogens is 1. The lowest BCUT2D eigenvalue weighted by atomic mass is 9.88. The van der Waals surface area contributed by atoms with E-state index in [1.165, 1.54) is 43.2 Å². The fourth-order valence-electron chi connectivity index (χ4n) is 4.43. The molecule has 0 amide bonds. The van der Waals surface area contributed by atoms with E-state index in [2.05, 4.69) is 46.0 Å². The second-order valence-corrected chi connectivity index (χ2v) is 8.38. The number of halogens is 1. The fourth-order valence-corrected chi connectivity index (χ4v) is 4.66. The monoisotopic (exact) mass is 395 g/mol. The molecule has 28 heavy (non-hydrogen) atoms. The van der Waals surface area contributed by atoms with Gasteiger partial charge in [-0.05, 0) is 74.0 Å². The standard InChI is InChI=1S/C24H30ClN3/c25-21-11-10-19-13-16-26-17-14-20(19)24(21)28-23(22-8-4-5-15-27-22)12-9-18-6-2-1-3-7-18/h4-5,8-12,15,18,23,26,28H,1-3,6-7,13-14,16-17H2/b12-9+. The van der Waals surface area contributed by atoms with Crippen molar-refractivity contribution < 1.29 is 0 Å². The minimum Gasteiger partial charge on any atom is -0.372 e. The average Bonchev–Trinajstić information content (AvgIpc) is 2.99. The molecule has 2 heterocycles. The summed E-state index contributed by atoms with van der Waals surface area (Å²) in [6.45, 7) is 2.02. The first kappa shape index (κ1) is 19.5. The van der Waals surface area contributed by atoms with Crippen molar-refractivity contribution in [2.75, 3.05) is 18.4 Å². The minimum atomic E-state index is 0.0309. The van der Waals surface area contributed by atoms with Gasteiger partial charge in [0.2, 0.25) is 0 Å². The van der Waals surface area contributed by atoms with Gasteiger partial charge in [-0.2, -0.15) is 0 Å². The topological polar surface area (TPSA) is 37.0 Å². The van der Waals surface area contributed by atoms with E-state index in [-0.39, 0.29) is 6.04 Å². The van der Waals surface area contributed by atoms with Gasteiger partial charge in [-0.3, -0.25) is 4.98 Å². The van der Waals surface area contributed by atoms with E-state index in [1.54, 1.807) is 0 Å². The van der Waals surface area contributed by atoms with Crippen molar-refractivity contribution in [2.45, 2.75) is 51.0 Å². The van der Waals surface area contributed by atoms with Crippen LogP contribution in [0.2, 0.25) is 5.02 Å². The average molecular weight is 396 g/mol. The predicted molar refractivity (Wildman–Crippen MR) is 118 cm³/mol. The third-order valence-electron chi connectivity index (χ3n) is 6.01. The summed E-state index contributed by atoms with van der Waals surface area (Å²) in [7, 11) is 0. The van der Waals surface area contributed by atoms with Crippen LogP contribution in [0.3, 0.4) is 0 Å². The summed E-state index contributed by atoms with van der Waals surface area (Å²) in [5, 5.41) is 8.05. The van der Waals surface area contributed by atoms with Crippen LogP contribution in [0.1, 0.15) is 55.0 Å². The molecule has 2 aromatic rings. The molecule has 1 aromatic carbocycles. The molecule has 1 atom stereocenters. The van der Waals surface area contributed by atoms with Crippen LogP contribution < -0.4 is 10.6 Å². The molecule has 3 nitrogen and oxygen atoms in total. The first-order valence-electron chi connectivity index (χ1n) is 10.7. The van der Waals surface area contributed by atoms with Crippen molar-refractivity contribution in [3.63, 3.8) is 0 Å². The number of nitrogens with one attached hydrogen (secondary N) is 2. The normalized spacial score (nSPS) is 19.2. The Morgan fingerprint density at radius 1 is 1.07 bits per heavy atom. The number of hydrogen-bond donors (Lipinski definition) is 2. The van der Waals surface area contributed by atoms with E-state index in [1.807, 2.05) is 18.3 Å². The molecule has 2 aliphatic rings. The summed E-state index contributed by atoms with van der Waals surface area (Å²) in [6, 6.07) is 10.4. The maximum Gasteiger partial charge on any atom is 0.0870 e. The molecule has 1 unspecified atom stereocenters. The van der Waals surface area contributed by atoms with Crippen molar-refractivity contribution in [3.8, 4) is 0 Å². The molecule has 2 N–H and O–H groups in total. The highest BCUT2D eigenvalue weighted by Crippen LogP contribution is 2.34. The predicted octanol–water partition coefficient (Wildman–Crippen LogP) is 5.71. The number of anilines is 1. The number of benzene rings is 1. The van der Waals surface area contributed by atoms with Gasteiger partial charge < -0.3 is 10.6 Å². The Morgan fingerprint density at radius 2 is 1.93 bits per heavy atom. The van der Waals surface area contributed by atoms with Crippen LogP contribution in [0.15, 0.2) is 48.7 Å². The van der Waals surface area contributed by atoms with Crippen LogP contribution >= 0.6 is 11.6 Å². The quantitative estimate of drug-likeness (QED) is 0.636. The van der Waals surface area contributed by atoms with Crippen molar-refractivity contribution in [2.24, 2.45) is 5.92 Å². The van der Waals surface area contributed by atoms with Gasteiger partial charge in [0, 0.05) is 6.20 Å². The Hall–Kier alpha value is -1.84. The third kappa shape index (κ3) is 4.76. The molecule has 0 spiro atoms. The lowest BCUT2D eigenvalue weighted by Crippen LogP contribution is -2.16. The second kappa shape index (κ2) is 9.58. The Morgan fingerprint density at radius 3 is 2.75 bits per heavy atom. The summed E-state index contributed by atoms with van der Waals surface area (Å²) in [5.74, 6) is 0.689. The van der Waals surface area contributed by atoms with E-state index in [0.717, 1.165) is 42.3 Å². The Kier molecular flexibility index (Phi) is 6.66. The van der Waals surface area contributed by atoms with E-state index < -0.39 is 0 Å². The highest BCUT2D eigenvalue weighted by atomic mass is 35.5. The van der Waals surface area contributed by atoms with Gasteiger partial charge in [0.05, 0.1) is 22.4 Å². The zero-order chi connectivity index (χ0) is 19.2. The van der Waals surface area contributed by atoms with Crippen LogP contribution in [0.5, 0.6) is 0 Å². The van der Waals surface area contributed by atoms with Crippen LogP contribution in [0, 0.1) is 5.92 Å². The van der Waals surface area contributed by atoms with Crippen molar-refractivity contribution in [3.05, 3.63) is 70.5 Å². The smallest absolute Gasteiger partial charge is 0.0870 e. The molecule has 1 aromatic heterocycles. The van der Waals surface area contributed by atoms with E-state index in [0.29, 0.717) is 5.92 Å². The zero-order valence-electron chi connectivity index (χ0n) is 16.5. The summed E-state index contributed by atoms with van der Waals surface area (Å²) >= 11 is 6.67. The molecule has 1 aliphatic carbocycles. The molecule has 4 heteroatoms. The summed E-state index contributed by atoms with van der Waals surface area (Å²) in [4.78, 5) is 4.63. The largest absolute Gasteiger partial charge is 0.372 e. The van der Waals surface area contributed by atoms with E-state index in [4.69, 9.17) is 11.6 Å². The molecule has 0 bridgehead atoms. The molecule has 4 rings (SSSR count). The van der Waals surface area contributed by atoms with Gasteiger partial charge >= 0.3 is 0 Å². The van der Waals surface area contributed by atoms with Gasteiger partial charge in [-0.15, -0.1) is 0 Å². The van der Waals surface area contributed by atoms with Crippen molar-refractivity contribution in [1.82, 2.24) is 10.3 Å².